The van der Waals surface area contributed by atoms with E-state index in [9.17, 15) is 0 Å². The van der Waals surface area contributed by atoms with E-state index in [1.807, 2.05) is 16.9 Å². The maximum absolute atomic E-state index is 4.37. The summed E-state index contributed by atoms with van der Waals surface area (Å²) in [6, 6.07) is 1.92. The predicted octanol–water partition coefficient (Wildman–Crippen LogP) is 2.34. The Hall–Kier alpha value is -2.11. The average molecular weight is 274 g/mol. The third kappa shape index (κ3) is 3.46. The van der Waals surface area contributed by atoms with Gasteiger partial charge in [-0.1, -0.05) is 13.8 Å². The van der Waals surface area contributed by atoms with Gasteiger partial charge >= 0.3 is 0 Å². The first-order valence-corrected chi connectivity index (χ1v) is 7.02. The molecule has 0 aromatic carbocycles. The summed E-state index contributed by atoms with van der Waals surface area (Å²) in [6.45, 7) is 8.81. The lowest BCUT2D eigenvalue weighted by Crippen LogP contribution is -2.15. The molecular weight excluding hydrogens is 252 g/mol. The minimum atomic E-state index is 0.359. The molecule has 0 fully saturated rings. The van der Waals surface area contributed by atoms with Gasteiger partial charge < -0.3 is 10.6 Å². The summed E-state index contributed by atoms with van der Waals surface area (Å²) in [5.74, 6) is 2.18. The summed E-state index contributed by atoms with van der Waals surface area (Å²) in [5, 5.41) is 10.9. The van der Waals surface area contributed by atoms with Crippen molar-refractivity contribution in [2.24, 2.45) is 0 Å². The Labute approximate surface area is 119 Å². The molecule has 0 aliphatic heterocycles. The van der Waals surface area contributed by atoms with E-state index in [1.54, 1.807) is 12.5 Å². The number of aromatic nitrogens is 4. The molecule has 0 spiro atoms. The Kier molecular flexibility index (Phi) is 4.92. The first-order valence-electron chi connectivity index (χ1n) is 7.02. The molecule has 0 atom stereocenters. The van der Waals surface area contributed by atoms with Crippen LogP contribution in [0.1, 0.15) is 32.3 Å². The largest absolute Gasteiger partial charge is 0.370 e. The fraction of sp³-hybridized carbons (Fsp3) is 0.500. The third-order valence-electron chi connectivity index (χ3n) is 3.00. The van der Waals surface area contributed by atoms with Gasteiger partial charge in [0.25, 0.3) is 0 Å². The van der Waals surface area contributed by atoms with Crippen LogP contribution in [0.2, 0.25) is 0 Å². The molecule has 0 aliphatic carbocycles. The molecule has 20 heavy (non-hydrogen) atoms. The topological polar surface area (TPSA) is 67.7 Å². The monoisotopic (exact) mass is 274 g/mol. The third-order valence-corrected chi connectivity index (χ3v) is 3.00. The molecule has 2 rings (SSSR count). The zero-order chi connectivity index (χ0) is 14.4. The van der Waals surface area contributed by atoms with Crippen LogP contribution in [0.3, 0.4) is 0 Å². The molecule has 2 N–H and O–H groups in total. The SMILES string of the molecule is CCNc1ncnc(NCCn2cccn2)c1C(C)C. The molecule has 6 nitrogen and oxygen atoms in total. The van der Waals surface area contributed by atoms with Crippen molar-refractivity contribution >= 4 is 11.6 Å². The molecule has 0 saturated heterocycles. The zero-order valence-corrected chi connectivity index (χ0v) is 12.3. The predicted molar refractivity (Wildman–Crippen MR) is 81.0 cm³/mol. The summed E-state index contributed by atoms with van der Waals surface area (Å²) >= 11 is 0. The van der Waals surface area contributed by atoms with Crippen LogP contribution < -0.4 is 10.6 Å². The lowest BCUT2D eigenvalue weighted by atomic mass is 10.0. The maximum atomic E-state index is 4.37. The highest BCUT2D eigenvalue weighted by molar-refractivity contribution is 5.58. The van der Waals surface area contributed by atoms with E-state index in [-0.39, 0.29) is 0 Å². The van der Waals surface area contributed by atoms with Crippen molar-refractivity contribution < 1.29 is 0 Å². The van der Waals surface area contributed by atoms with E-state index in [1.165, 1.54) is 0 Å². The van der Waals surface area contributed by atoms with Crippen molar-refractivity contribution in [2.45, 2.75) is 33.2 Å². The summed E-state index contributed by atoms with van der Waals surface area (Å²) in [7, 11) is 0. The van der Waals surface area contributed by atoms with Gasteiger partial charge in [-0.2, -0.15) is 5.10 Å². The van der Waals surface area contributed by atoms with Gasteiger partial charge in [-0.25, -0.2) is 9.97 Å². The molecule has 2 aromatic rings. The lowest BCUT2D eigenvalue weighted by molar-refractivity contribution is 0.636. The van der Waals surface area contributed by atoms with Gasteiger partial charge in [0.05, 0.1) is 6.54 Å². The fourth-order valence-corrected chi connectivity index (χ4v) is 2.11. The zero-order valence-electron chi connectivity index (χ0n) is 12.3. The Morgan fingerprint density at radius 1 is 1.20 bits per heavy atom. The van der Waals surface area contributed by atoms with Crippen molar-refractivity contribution in [1.82, 2.24) is 19.7 Å². The fourth-order valence-electron chi connectivity index (χ4n) is 2.11. The quantitative estimate of drug-likeness (QED) is 0.811. The minimum absolute atomic E-state index is 0.359. The molecule has 2 aromatic heterocycles. The van der Waals surface area contributed by atoms with E-state index in [4.69, 9.17) is 0 Å². The molecular formula is C14H22N6. The molecule has 0 unspecified atom stereocenters. The van der Waals surface area contributed by atoms with Gasteiger partial charge in [-0.15, -0.1) is 0 Å². The van der Waals surface area contributed by atoms with Crippen LogP contribution in [0.25, 0.3) is 0 Å². The van der Waals surface area contributed by atoms with Gasteiger partial charge in [0.1, 0.15) is 18.0 Å². The highest BCUT2D eigenvalue weighted by Gasteiger charge is 2.14. The Bertz CT molecular complexity index is 520. The van der Waals surface area contributed by atoms with Crippen LogP contribution in [0.5, 0.6) is 0 Å². The second-order valence-corrected chi connectivity index (χ2v) is 4.87. The lowest BCUT2D eigenvalue weighted by Gasteiger charge is -2.17. The summed E-state index contributed by atoms with van der Waals surface area (Å²) < 4.78 is 1.90. The van der Waals surface area contributed by atoms with Crippen LogP contribution in [-0.4, -0.2) is 32.8 Å². The summed E-state index contributed by atoms with van der Waals surface area (Å²) in [4.78, 5) is 8.70. The molecule has 0 bridgehead atoms. The number of nitrogens with one attached hydrogen (secondary N) is 2. The number of hydrogen-bond donors (Lipinski definition) is 2. The van der Waals surface area contributed by atoms with Gasteiger partial charge in [0.15, 0.2) is 0 Å². The molecule has 6 heteroatoms. The number of rotatable bonds is 7. The summed E-state index contributed by atoms with van der Waals surface area (Å²) in [6.07, 6.45) is 5.34. The van der Waals surface area contributed by atoms with Crippen molar-refractivity contribution in [3.05, 3.63) is 30.4 Å². The van der Waals surface area contributed by atoms with Crippen LogP contribution in [0.15, 0.2) is 24.8 Å². The highest BCUT2D eigenvalue weighted by Crippen LogP contribution is 2.27. The molecule has 0 saturated carbocycles. The van der Waals surface area contributed by atoms with E-state index in [0.29, 0.717) is 5.92 Å². The number of anilines is 2. The van der Waals surface area contributed by atoms with E-state index in [2.05, 4.69) is 46.5 Å². The van der Waals surface area contributed by atoms with Crippen LogP contribution in [0, 0.1) is 0 Å². The minimum Gasteiger partial charge on any atom is -0.370 e. The normalized spacial score (nSPS) is 10.8. The van der Waals surface area contributed by atoms with E-state index < -0.39 is 0 Å². The second kappa shape index (κ2) is 6.88. The van der Waals surface area contributed by atoms with Gasteiger partial charge in [-0.3, -0.25) is 4.68 Å². The van der Waals surface area contributed by atoms with Crippen molar-refractivity contribution in [1.29, 1.82) is 0 Å². The van der Waals surface area contributed by atoms with Crippen molar-refractivity contribution in [3.8, 4) is 0 Å². The smallest absolute Gasteiger partial charge is 0.135 e. The van der Waals surface area contributed by atoms with E-state index in [0.717, 1.165) is 36.8 Å². The standard InChI is InChI=1S/C14H22N6/c1-4-15-13-12(11(2)3)14(18-10-17-13)16-7-9-20-8-5-6-19-20/h5-6,8,10-11H,4,7,9H2,1-3H3,(H2,15,16,17,18). The van der Waals surface area contributed by atoms with Gasteiger partial charge in [-0.05, 0) is 18.9 Å². The van der Waals surface area contributed by atoms with Crippen LogP contribution >= 0.6 is 0 Å². The number of nitrogens with zero attached hydrogens (tertiary/aromatic N) is 4. The Balaban J connectivity index is 2.07. The van der Waals surface area contributed by atoms with Crippen molar-refractivity contribution in [3.63, 3.8) is 0 Å². The summed E-state index contributed by atoms with van der Waals surface area (Å²) in [5.41, 5.74) is 1.13. The van der Waals surface area contributed by atoms with Gasteiger partial charge in [0, 0.05) is 31.0 Å². The molecule has 0 amide bonds. The second-order valence-electron chi connectivity index (χ2n) is 4.87. The van der Waals surface area contributed by atoms with Gasteiger partial charge in [0.2, 0.25) is 0 Å². The maximum Gasteiger partial charge on any atom is 0.135 e. The molecule has 0 aliphatic rings. The molecule has 0 radical (unpaired) electrons. The first kappa shape index (κ1) is 14.3. The highest BCUT2D eigenvalue weighted by atomic mass is 15.3. The van der Waals surface area contributed by atoms with Crippen LogP contribution in [-0.2, 0) is 6.54 Å². The van der Waals surface area contributed by atoms with Crippen LogP contribution in [0.4, 0.5) is 11.6 Å². The Morgan fingerprint density at radius 3 is 2.55 bits per heavy atom. The average Bonchev–Trinajstić information content (AvgIpc) is 2.92. The molecule has 108 valence electrons. The molecule has 2 heterocycles. The first-order chi connectivity index (χ1) is 9.72. The Morgan fingerprint density at radius 2 is 1.95 bits per heavy atom. The number of hydrogen-bond acceptors (Lipinski definition) is 5. The van der Waals surface area contributed by atoms with Crippen molar-refractivity contribution in [2.75, 3.05) is 23.7 Å². The van der Waals surface area contributed by atoms with E-state index >= 15 is 0 Å².